The maximum atomic E-state index is 13.5. The summed E-state index contributed by atoms with van der Waals surface area (Å²) in [5.74, 6) is 0.0764. The van der Waals surface area contributed by atoms with Crippen molar-refractivity contribution >= 4 is 17.2 Å². The smallest absolute Gasteiger partial charge is 0.260 e. The molecule has 1 aromatic heterocycles. The third kappa shape index (κ3) is 3.27. The minimum absolute atomic E-state index is 0.0587. The van der Waals surface area contributed by atoms with Gasteiger partial charge in [-0.2, -0.15) is 0 Å². The molecule has 0 radical (unpaired) electrons. The van der Waals surface area contributed by atoms with Crippen molar-refractivity contribution in [2.24, 2.45) is 0 Å². The second-order valence-electron chi connectivity index (χ2n) is 8.06. The molecule has 2 aromatic rings. The van der Waals surface area contributed by atoms with Gasteiger partial charge in [0.15, 0.2) is 0 Å². The quantitative estimate of drug-likeness (QED) is 0.855. The second-order valence-corrected chi connectivity index (χ2v) is 8.06. The number of pyridine rings is 1. The molecule has 1 saturated heterocycles. The lowest BCUT2D eigenvalue weighted by molar-refractivity contribution is -0.117. The number of hydrogen-bond acceptors (Lipinski definition) is 4. The first-order valence-corrected chi connectivity index (χ1v) is 10.5. The number of rotatable bonds is 3. The summed E-state index contributed by atoms with van der Waals surface area (Å²) >= 11 is 0. The molecule has 154 valence electrons. The summed E-state index contributed by atoms with van der Waals surface area (Å²) in [5.41, 5.74) is 5.28. The van der Waals surface area contributed by atoms with Crippen LogP contribution >= 0.6 is 0 Å². The maximum absolute atomic E-state index is 13.5. The second kappa shape index (κ2) is 7.61. The molecule has 6 nitrogen and oxygen atoms in total. The minimum Gasteiger partial charge on any atom is -0.387 e. The molecule has 1 fully saturated rings. The van der Waals surface area contributed by atoms with Crippen LogP contribution in [0, 0.1) is 0 Å². The van der Waals surface area contributed by atoms with Gasteiger partial charge in [0.2, 0.25) is 5.91 Å². The number of allylic oxidation sites excluding steroid dienone is 2. The SMILES string of the molecule is CN1C(=O)Cc2cc(-c3cc(C4=CNCC=C4)cn(C4CCCCO4)c3=O)ccc21. The molecule has 0 spiro atoms. The van der Waals surface area contributed by atoms with Crippen LogP contribution in [0.1, 0.15) is 36.6 Å². The number of anilines is 1. The van der Waals surface area contributed by atoms with Crippen molar-refractivity contribution in [3.8, 4) is 11.1 Å². The van der Waals surface area contributed by atoms with Crippen molar-refractivity contribution in [2.45, 2.75) is 31.9 Å². The van der Waals surface area contributed by atoms with E-state index in [1.807, 2.05) is 36.7 Å². The van der Waals surface area contributed by atoms with E-state index < -0.39 is 0 Å². The fourth-order valence-electron chi connectivity index (χ4n) is 4.41. The monoisotopic (exact) mass is 403 g/mol. The van der Waals surface area contributed by atoms with E-state index in [1.54, 1.807) is 16.5 Å². The number of fused-ring (bicyclic) bond motifs is 1. The van der Waals surface area contributed by atoms with Crippen LogP contribution in [-0.2, 0) is 16.0 Å². The van der Waals surface area contributed by atoms with Gasteiger partial charge in [0.05, 0.1) is 6.42 Å². The molecule has 0 aliphatic carbocycles. The topological polar surface area (TPSA) is 63.6 Å². The van der Waals surface area contributed by atoms with Crippen LogP contribution < -0.4 is 15.8 Å². The van der Waals surface area contributed by atoms with Gasteiger partial charge in [0.25, 0.3) is 5.56 Å². The molecule has 3 aliphatic heterocycles. The summed E-state index contributed by atoms with van der Waals surface area (Å²) in [6, 6.07) is 7.80. The molecule has 5 rings (SSSR count). The molecule has 30 heavy (non-hydrogen) atoms. The predicted molar refractivity (Wildman–Crippen MR) is 117 cm³/mol. The Morgan fingerprint density at radius 1 is 1.13 bits per heavy atom. The molecule has 1 amide bonds. The van der Waals surface area contributed by atoms with Gasteiger partial charge in [-0.25, -0.2) is 0 Å². The molecular formula is C24H25N3O3. The highest BCUT2D eigenvalue weighted by atomic mass is 16.5. The summed E-state index contributed by atoms with van der Waals surface area (Å²) in [6.07, 6.45) is 11.1. The van der Waals surface area contributed by atoms with E-state index in [0.717, 1.165) is 53.8 Å². The Labute approximate surface area is 175 Å². The standard InChI is InChI=1S/C24H25N3O3/c1-26-21-8-7-16(11-18(21)13-22(26)28)20-12-19(17-5-4-9-25-14-17)15-27(24(20)29)23-6-2-3-10-30-23/h4-5,7-8,11-12,14-15,23,25H,2-3,6,9-10,13H2,1H3. The van der Waals surface area contributed by atoms with E-state index >= 15 is 0 Å². The minimum atomic E-state index is -0.242. The van der Waals surface area contributed by atoms with Crippen LogP contribution in [0.4, 0.5) is 5.69 Å². The Hall–Kier alpha value is -3.12. The third-order valence-electron chi connectivity index (χ3n) is 6.10. The number of likely N-dealkylation sites (N-methyl/N-ethyl adjacent to an activating group) is 1. The Morgan fingerprint density at radius 2 is 2.03 bits per heavy atom. The summed E-state index contributed by atoms with van der Waals surface area (Å²) < 4.78 is 7.69. The van der Waals surface area contributed by atoms with E-state index in [9.17, 15) is 9.59 Å². The number of amides is 1. The molecule has 3 aliphatic rings. The van der Waals surface area contributed by atoms with Gasteiger partial charge in [-0.1, -0.05) is 18.2 Å². The molecule has 6 heteroatoms. The Morgan fingerprint density at radius 3 is 2.80 bits per heavy atom. The molecule has 0 saturated carbocycles. The Bertz CT molecular complexity index is 1120. The average Bonchev–Trinajstić information content (AvgIpc) is 3.08. The number of carbonyl (C=O) groups excluding carboxylic acids is 1. The fourth-order valence-corrected chi connectivity index (χ4v) is 4.41. The van der Waals surface area contributed by atoms with Crippen LogP contribution in [0.2, 0.25) is 0 Å². The first-order chi connectivity index (χ1) is 14.6. The van der Waals surface area contributed by atoms with E-state index in [0.29, 0.717) is 18.6 Å². The van der Waals surface area contributed by atoms with E-state index in [4.69, 9.17) is 4.74 Å². The normalized spacial score (nSPS) is 20.7. The van der Waals surface area contributed by atoms with Crippen LogP contribution in [0.3, 0.4) is 0 Å². The summed E-state index contributed by atoms with van der Waals surface area (Å²) in [4.78, 5) is 27.2. The first-order valence-electron chi connectivity index (χ1n) is 10.5. The van der Waals surface area contributed by atoms with Gasteiger partial charge in [0.1, 0.15) is 6.23 Å². The van der Waals surface area contributed by atoms with Crippen molar-refractivity contribution in [3.63, 3.8) is 0 Å². The zero-order valence-electron chi connectivity index (χ0n) is 17.1. The molecule has 1 aromatic carbocycles. The lowest BCUT2D eigenvalue weighted by atomic mass is 9.98. The molecule has 1 N–H and O–H groups in total. The predicted octanol–water partition coefficient (Wildman–Crippen LogP) is 3.23. The molecule has 4 heterocycles. The highest BCUT2D eigenvalue weighted by molar-refractivity contribution is 6.01. The van der Waals surface area contributed by atoms with Crippen molar-refractivity contribution in [2.75, 3.05) is 25.1 Å². The zero-order chi connectivity index (χ0) is 20.7. The van der Waals surface area contributed by atoms with Crippen molar-refractivity contribution < 1.29 is 9.53 Å². The van der Waals surface area contributed by atoms with E-state index in [1.165, 1.54) is 0 Å². The summed E-state index contributed by atoms with van der Waals surface area (Å²) in [6.45, 7) is 1.47. The molecule has 1 unspecified atom stereocenters. The van der Waals surface area contributed by atoms with Crippen molar-refractivity contribution in [3.05, 3.63) is 70.3 Å². The lowest BCUT2D eigenvalue weighted by Gasteiger charge is -2.26. The van der Waals surface area contributed by atoms with E-state index in [2.05, 4.69) is 17.5 Å². The number of nitrogens with zero attached hydrogens (tertiary/aromatic N) is 2. The molecule has 0 bridgehead atoms. The number of aromatic nitrogens is 1. The highest BCUT2D eigenvalue weighted by Crippen LogP contribution is 2.33. The average molecular weight is 403 g/mol. The highest BCUT2D eigenvalue weighted by Gasteiger charge is 2.25. The zero-order valence-corrected chi connectivity index (χ0v) is 17.1. The van der Waals surface area contributed by atoms with Crippen LogP contribution in [0.25, 0.3) is 16.7 Å². The number of dihydropyridines is 1. The lowest BCUT2D eigenvalue weighted by Crippen LogP contribution is -2.30. The van der Waals surface area contributed by atoms with Crippen LogP contribution in [0.15, 0.2) is 53.6 Å². The van der Waals surface area contributed by atoms with Gasteiger partial charge < -0.3 is 15.0 Å². The van der Waals surface area contributed by atoms with Crippen molar-refractivity contribution in [1.29, 1.82) is 0 Å². The van der Waals surface area contributed by atoms with Gasteiger partial charge in [-0.3, -0.25) is 14.2 Å². The van der Waals surface area contributed by atoms with E-state index in [-0.39, 0.29) is 17.7 Å². The largest absolute Gasteiger partial charge is 0.387 e. The van der Waals surface area contributed by atoms with Crippen LogP contribution in [0.5, 0.6) is 0 Å². The number of hydrogen-bond donors (Lipinski definition) is 1. The number of benzene rings is 1. The molecular weight excluding hydrogens is 378 g/mol. The van der Waals surface area contributed by atoms with Gasteiger partial charge in [-0.15, -0.1) is 0 Å². The van der Waals surface area contributed by atoms with Gasteiger partial charge in [-0.05, 0) is 54.2 Å². The van der Waals surface area contributed by atoms with Crippen LogP contribution in [-0.4, -0.2) is 30.7 Å². The number of ether oxygens (including phenoxy) is 1. The number of nitrogens with one attached hydrogen (secondary N) is 1. The summed E-state index contributed by atoms with van der Waals surface area (Å²) in [5, 5.41) is 3.24. The molecule has 1 atom stereocenters. The Kier molecular flexibility index (Phi) is 4.79. The Balaban J connectivity index is 1.65. The third-order valence-corrected chi connectivity index (χ3v) is 6.10. The number of carbonyl (C=O) groups is 1. The van der Waals surface area contributed by atoms with Crippen molar-refractivity contribution in [1.82, 2.24) is 9.88 Å². The maximum Gasteiger partial charge on any atom is 0.260 e. The fraction of sp³-hybridized carbons (Fsp3) is 0.333. The van der Waals surface area contributed by atoms with Gasteiger partial charge >= 0.3 is 0 Å². The summed E-state index contributed by atoms with van der Waals surface area (Å²) in [7, 11) is 1.79. The first kappa shape index (κ1) is 18.9. The van der Waals surface area contributed by atoms with Gasteiger partial charge in [0, 0.05) is 49.4 Å².